The maximum absolute atomic E-state index is 4.68. The summed E-state index contributed by atoms with van der Waals surface area (Å²) in [7, 11) is 0. The molecule has 4 nitrogen and oxygen atoms in total. The van der Waals surface area contributed by atoms with E-state index in [9.17, 15) is 0 Å². The van der Waals surface area contributed by atoms with Gasteiger partial charge in [0.05, 0.1) is 0 Å². The maximum Gasteiger partial charge on any atom is 0.191 e. The number of piperidine rings is 1. The first kappa shape index (κ1) is 18.3. The minimum Gasteiger partial charge on any atom is -0.357 e. The number of rotatable bonds is 6. The lowest BCUT2D eigenvalue weighted by Crippen LogP contribution is -2.47. The van der Waals surface area contributed by atoms with Crippen molar-refractivity contribution in [1.29, 1.82) is 0 Å². The van der Waals surface area contributed by atoms with Crippen LogP contribution in [0.1, 0.15) is 66.7 Å². The molecule has 124 valence electrons. The lowest BCUT2D eigenvalue weighted by atomic mass is 10.0. The normalized spacial score (nSPS) is 21.4. The summed E-state index contributed by atoms with van der Waals surface area (Å²) in [5.74, 6) is 0.941. The zero-order valence-electron chi connectivity index (χ0n) is 14.8. The Morgan fingerprint density at radius 1 is 1.24 bits per heavy atom. The Labute approximate surface area is 131 Å². The van der Waals surface area contributed by atoms with Gasteiger partial charge in [0.1, 0.15) is 0 Å². The van der Waals surface area contributed by atoms with Crippen LogP contribution in [-0.2, 0) is 0 Å². The molecule has 0 saturated carbocycles. The van der Waals surface area contributed by atoms with Gasteiger partial charge in [0.25, 0.3) is 0 Å². The standard InChI is InChI=1S/C17H36N4/c1-6-18-16(20-17(3,4)5)19-12-8-10-14-21-13-9-7-11-15(21)2/h15H,6-14H2,1-5H3,(H2,18,19,20). The third-order valence-corrected chi connectivity index (χ3v) is 3.90. The van der Waals surface area contributed by atoms with Crippen LogP contribution in [0.2, 0.25) is 0 Å². The highest BCUT2D eigenvalue weighted by atomic mass is 15.2. The van der Waals surface area contributed by atoms with E-state index < -0.39 is 0 Å². The molecular weight excluding hydrogens is 260 g/mol. The molecule has 0 aromatic rings. The Morgan fingerprint density at radius 3 is 2.62 bits per heavy atom. The third kappa shape index (κ3) is 8.30. The van der Waals surface area contributed by atoms with Crippen molar-refractivity contribution in [2.75, 3.05) is 26.2 Å². The second-order valence-electron chi connectivity index (χ2n) is 7.22. The highest BCUT2D eigenvalue weighted by molar-refractivity contribution is 5.80. The molecule has 0 radical (unpaired) electrons. The van der Waals surface area contributed by atoms with Crippen molar-refractivity contribution in [3.8, 4) is 0 Å². The van der Waals surface area contributed by atoms with E-state index in [1.54, 1.807) is 0 Å². The highest BCUT2D eigenvalue weighted by Crippen LogP contribution is 2.16. The summed E-state index contributed by atoms with van der Waals surface area (Å²) >= 11 is 0. The first-order valence-corrected chi connectivity index (χ1v) is 8.73. The van der Waals surface area contributed by atoms with Crippen molar-refractivity contribution in [2.45, 2.75) is 78.3 Å². The number of guanidine groups is 1. The molecule has 4 heteroatoms. The van der Waals surface area contributed by atoms with Crippen molar-refractivity contribution in [3.63, 3.8) is 0 Å². The van der Waals surface area contributed by atoms with E-state index in [0.717, 1.165) is 25.1 Å². The fourth-order valence-electron chi connectivity index (χ4n) is 2.77. The van der Waals surface area contributed by atoms with Crippen molar-refractivity contribution >= 4 is 5.96 Å². The number of likely N-dealkylation sites (tertiary alicyclic amines) is 1. The topological polar surface area (TPSA) is 39.7 Å². The van der Waals surface area contributed by atoms with Gasteiger partial charge in [0.15, 0.2) is 5.96 Å². The van der Waals surface area contributed by atoms with E-state index >= 15 is 0 Å². The Morgan fingerprint density at radius 2 is 2.00 bits per heavy atom. The fraction of sp³-hybridized carbons (Fsp3) is 0.941. The molecule has 1 unspecified atom stereocenters. The summed E-state index contributed by atoms with van der Waals surface area (Å²) in [6, 6.07) is 0.780. The van der Waals surface area contributed by atoms with Gasteiger partial charge in [0, 0.05) is 24.7 Å². The van der Waals surface area contributed by atoms with Crippen LogP contribution in [0.15, 0.2) is 4.99 Å². The van der Waals surface area contributed by atoms with Crippen LogP contribution in [0.25, 0.3) is 0 Å². The van der Waals surface area contributed by atoms with Crippen LogP contribution in [-0.4, -0.2) is 48.6 Å². The maximum atomic E-state index is 4.68. The molecule has 21 heavy (non-hydrogen) atoms. The number of hydrogen-bond acceptors (Lipinski definition) is 2. The number of nitrogens with one attached hydrogen (secondary N) is 2. The van der Waals surface area contributed by atoms with Crippen LogP contribution in [0, 0.1) is 0 Å². The number of unbranched alkanes of at least 4 members (excludes halogenated alkanes) is 1. The van der Waals surface area contributed by atoms with Crippen LogP contribution in [0.4, 0.5) is 0 Å². The van der Waals surface area contributed by atoms with E-state index in [1.165, 1.54) is 45.2 Å². The van der Waals surface area contributed by atoms with Gasteiger partial charge < -0.3 is 15.5 Å². The van der Waals surface area contributed by atoms with Gasteiger partial charge in [-0.15, -0.1) is 0 Å². The molecule has 1 rings (SSSR count). The summed E-state index contributed by atoms with van der Waals surface area (Å²) < 4.78 is 0. The molecule has 0 aromatic heterocycles. The summed E-state index contributed by atoms with van der Waals surface area (Å²) in [6.07, 6.45) is 6.58. The zero-order valence-corrected chi connectivity index (χ0v) is 14.8. The Hall–Kier alpha value is -0.770. The molecule has 0 aromatic carbocycles. The molecule has 1 fully saturated rings. The molecule has 1 aliphatic rings. The largest absolute Gasteiger partial charge is 0.357 e. The average molecular weight is 297 g/mol. The number of nitrogens with zero attached hydrogens (tertiary/aromatic N) is 2. The number of aliphatic imine (C=N–C) groups is 1. The molecule has 0 spiro atoms. The first-order chi connectivity index (χ1) is 9.92. The van der Waals surface area contributed by atoms with Gasteiger partial charge in [-0.1, -0.05) is 6.42 Å². The lowest BCUT2D eigenvalue weighted by Gasteiger charge is -2.33. The smallest absolute Gasteiger partial charge is 0.191 e. The molecule has 1 heterocycles. The fourth-order valence-corrected chi connectivity index (χ4v) is 2.77. The van der Waals surface area contributed by atoms with Gasteiger partial charge in [0.2, 0.25) is 0 Å². The molecule has 0 amide bonds. The van der Waals surface area contributed by atoms with Gasteiger partial charge in [-0.3, -0.25) is 4.99 Å². The third-order valence-electron chi connectivity index (χ3n) is 3.90. The van der Waals surface area contributed by atoms with Crippen LogP contribution >= 0.6 is 0 Å². The summed E-state index contributed by atoms with van der Waals surface area (Å²) in [5, 5.41) is 6.75. The summed E-state index contributed by atoms with van der Waals surface area (Å²) in [4.78, 5) is 7.32. The van der Waals surface area contributed by atoms with E-state index in [1.807, 2.05) is 0 Å². The first-order valence-electron chi connectivity index (χ1n) is 8.73. The molecule has 0 bridgehead atoms. The molecule has 1 aliphatic heterocycles. The van der Waals surface area contributed by atoms with Crippen molar-refractivity contribution in [3.05, 3.63) is 0 Å². The Balaban J connectivity index is 2.24. The van der Waals surface area contributed by atoms with Crippen LogP contribution in [0.5, 0.6) is 0 Å². The zero-order chi connectivity index (χ0) is 15.7. The quantitative estimate of drug-likeness (QED) is 0.450. The highest BCUT2D eigenvalue weighted by Gasteiger charge is 2.17. The second kappa shape index (κ2) is 9.29. The van der Waals surface area contributed by atoms with Crippen molar-refractivity contribution in [2.24, 2.45) is 4.99 Å². The van der Waals surface area contributed by atoms with Crippen LogP contribution in [0.3, 0.4) is 0 Å². The molecular formula is C17H36N4. The molecule has 1 saturated heterocycles. The Bertz CT molecular complexity index is 306. The van der Waals surface area contributed by atoms with Gasteiger partial charge >= 0.3 is 0 Å². The average Bonchev–Trinajstić information content (AvgIpc) is 2.39. The van der Waals surface area contributed by atoms with Crippen molar-refractivity contribution in [1.82, 2.24) is 15.5 Å². The minimum atomic E-state index is 0.0598. The predicted molar refractivity (Wildman–Crippen MR) is 93.0 cm³/mol. The van der Waals surface area contributed by atoms with Gasteiger partial charge in [-0.2, -0.15) is 0 Å². The van der Waals surface area contributed by atoms with E-state index in [-0.39, 0.29) is 5.54 Å². The van der Waals surface area contributed by atoms with Crippen molar-refractivity contribution < 1.29 is 0 Å². The Kier molecular flexibility index (Phi) is 8.09. The van der Waals surface area contributed by atoms with Gasteiger partial charge in [-0.05, 0) is 73.4 Å². The second-order valence-corrected chi connectivity index (χ2v) is 7.22. The minimum absolute atomic E-state index is 0.0598. The molecule has 2 N–H and O–H groups in total. The van der Waals surface area contributed by atoms with E-state index in [4.69, 9.17) is 0 Å². The molecule has 0 aliphatic carbocycles. The predicted octanol–water partition coefficient (Wildman–Crippen LogP) is 2.99. The lowest BCUT2D eigenvalue weighted by molar-refractivity contribution is 0.158. The summed E-state index contributed by atoms with van der Waals surface area (Å²) in [5.41, 5.74) is 0.0598. The SMILES string of the molecule is CCNC(=NCCCCN1CCCCC1C)NC(C)(C)C. The van der Waals surface area contributed by atoms with E-state index in [2.05, 4.69) is 55.1 Å². The molecule has 1 atom stereocenters. The summed E-state index contributed by atoms with van der Waals surface area (Å²) in [6.45, 7) is 15.3. The van der Waals surface area contributed by atoms with Gasteiger partial charge in [-0.25, -0.2) is 0 Å². The van der Waals surface area contributed by atoms with Crippen LogP contribution < -0.4 is 10.6 Å². The number of hydrogen-bond donors (Lipinski definition) is 2. The van der Waals surface area contributed by atoms with E-state index in [0.29, 0.717) is 0 Å². The monoisotopic (exact) mass is 296 g/mol.